The average Bonchev–Trinajstić information content (AvgIpc) is 3.06. The van der Waals surface area contributed by atoms with Crippen LogP contribution in [0.3, 0.4) is 0 Å². The normalized spacial score (nSPS) is 18.1. The quantitative estimate of drug-likeness (QED) is 0.627. The highest BCUT2D eigenvalue weighted by molar-refractivity contribution is 7.92. The highest BCUT2D eigenvalue weighted by Crippen LogP contribution is 2.30. The van der Waals surface area contributed by atoms with Crippen LogP contribution in [-0.2, 0) is 32.7 Å². The highest BCUT2D eigenvalue weighted by atomic mass is 35.5. The Morgan fingerprint density at radius 1 is 1.16 bits per heavy atom. The van der Waals surface area contributed by atoms with Crippen molar-refractivity contribution in [3.05, 3.63) is 58.1 Å². The summed E-state index contributed by atoms with van der Waals surface area (Å²) in [5.41, 5.74) is 2.57. The van der Waals surface area contributed by atoms with Gasteiger partial charge in [0.05, 0.1) is 16.4 Å². The van der Waals surface area contributed by atoms with E-state index in [1.54, 1.807) is 6.07 Å². The van der Waals surface area contributed by atoms with Crippen LogP contribution in [0.1, 0.15) is 41.8 Å². The SMILES string of the molecule is CCc1ccc(Cl)c(CC)c1NC(=O)c1cccc(S(=O)(=O)NC2CCS(=O)(=O)C2)c1. The molecular weight excluding hydrogens is 460 g/mol. The van der Waals surface area contributed by atoms with Crippen LogP contribution in [0.5, 0.6) is 0 Å². The number of rotatable bonds is 7. The third-order valence-electron chi connectivity index (χ3n) is 5.28. The van der Waals surface area contributed by atoms with Crippen molar-refractivity contribution >= 4 is 43.1 Å². The lowest BCUT2D eigenvalue weighted by Crippen LogP contribution is -2.35. The molecule has 2 N–H and O–H groups in total. The molecule has 1 heterocycles. The number of carbonyl (C=O) groups is 1. The van der Waals surface area contributed by atoms with E-state index < -0.39 is 31.8 Å². The monoisotopic (exact) mass is 484 g/mol. The number of nitrogens with one attached hydrogen (secondary N) is 2. The van der Waals surface area contributed by atoms with Gasteiger partial charge in [-0.25, -0.2) is 21.6 Å². The van der Waals surface area contributed by atoms with Crippen LogP contribution in [0.25, 0.3) is 0 Å². The summed E-state index contributed by atoms with van der Waals surface area (Å²) >= 11 is 6.29. The van der Waals surface area contributed by atoms with Crippen LogP contribution in [0.2, 0.25) is 5.02 Å². The Bertz CT molecular complexity index is 1210. The van der Waals surface area contributed by atoms with Gasteiger partial charge >= 0.3 is 0 Å². The van der Waals surface area contributed by atoms with E-state index in [0.29, 0.717) is 23.6 Å². The van der Waals surface area contributed by atoms with Crippen molar-refractivity contribution in [3.63, 3.8) is 0 Å². The van der Waals surface area contributed by atoms with E-state index in [1.165, 1.54) is 24.3 Å². The zero-order valence-corrected chi connectivity index (χ0v) is 19.7. The molecular formula is C21H25ClN2O5S2. The fraction of sp³-hybridized carbons (Fsp3) is 0.381. The summed E-state index contributed by atoms with van der Waals surface area (Å²) in [6.07, 6.45) is 1.56. The van der Waals surface area contributed by atoms with Gasteiger partial charge in [-0.1, -0.05) is 37.6 Å². The fourth-order valence-electron chi connectivity index (χ4n) is 3.63. The van der Waals surface area contributed by atoms with E-state index >= 15 is 0 Å². The van der Waals surface area contributed by atoms with Crippen molar-refractivity contribution in [2.45, 2.75) is 44.0 Å². The lowest BCUT2D eigenvalue weighted by Gasteiger charge is -2.16. The predicted molar refractivity (Wildman–Crippen MR) is 122 cm³/mol. The number of anilines is 1. The van der Waals surface area contributed by atoms with Crippen molar-refractivity contribution in [2.75, 3.05) is 16.8 Å². The number of halogens is 1. The van der Waals surface area contributed by atoms with Gasteiger partial charge in [0.1, 0.15) is 0 Å². The molecule has 1 aliphatic rings. The molecule has 0 radical (unpaired) electrons. The summed E-state index contributed by atoms with van der Waals surface area (Å²) in [7, 11) is -7.20. The molecule has 2 aromatic rings. The van der Waals surface area contributed by atoms with Crippen molar-refractivity contribution in [3.8, 4) is 0 Å². The second-order valence-electron chi connectivity index (χ2n) is 7.47. The summed E-state index contributed by atoms with van der Waals surface area (Å²) in [5, 5.41) is 3.44. The fourth-order valence-corrected chi connectivity index (χ4v) is 7.02. The number of sulfonamides is 1. The Hall–Kier alpha value is -1.94. The minimum atomic E-state index is -3.97. The van der Waals surface area contributed by atoms with Gasteiger partial charge in [0, 0.05) is 22.3 Å². The van der Waals surface area contributed by atoms with Crippen LogP contribution in [0.4, 0.5) is 5.69 Å². The van der Waals surface area contributed by atoms with E-state index in [9.17, 15) is 21.6 Å². The molecule has 10 heteroatoms. The third-order valence-corrected chi connectivity index (χ3v) is 8.92. The average molecular weight is 485 g/mol. The van der Waals surface area contributed by atoms with Gasteiger partial charge in [0.2, 0.25) is 10.0 Å². The van der Waals surface area contributed by atoms with Gasteiger partial charge in [-0.15, -0.1) is 0 Å². The zero-order valence-electron chi connectivity index (χ0n) is 17.3. The van der Waals surface area contributed by atoms with Gasteiger partial charge in [0.15, 0.2) is 9.84 Å². The molecule has 0 aliphatic carbocycles. The topological polar surface area (TPSA) is 109 Å². The molecule has 0 saturated carbocycles. The van der Waals surface area contributed by atoms with Gasteiger partial charge < -0.3 is 5.32 Å². The van der Waals surface area contributed by atoms with Crippen molar-refractivity contribution in [1.29, 1.82) is 0 Å². The smallest absolute Gasteiger partial charge is 0.255 e. The Balaban J connectivity index is 1.85. The van der Waals surface area contributed by atoms with Crippen LogP contribution >= 0.6 is 11.6 Å². The molecule has 1 aliphatic heterocycles. The van der Waals surface area contributed by atoms with Gasteiger partial charge in [0.25, 0.3) is 5.91 Å². The number of amides is 1. The van der Waals surface area contributed by atoms with E-state index in [4.69, 9.17) is 11.6 Å². The van der Waals surface area contributed by atoms with Crippen molar-refractivity contribution < 1.29 is 21.6 Å². The second kappa shape index (κ2) is 9.28. The minimum absolute atomic E-state index is 0.0399. The Kier molecular flexibility index (Phi) is 7.10. The molecule has 2 aromatic carbocycles. The molecule has 1 amide bonds. The lowest BCUT2D eigenvalue weighted by atomic mass is 10.0. The van der Waals surface area contributed by atoms with Crippen molar-refractivity contribution in [2.24, 2.45) is 0 Å². The highest BCUT2D eigenvalue weighted by Gasteiger charge is 2.31. The Morgan fingerprint density at radius 3 is 2.52 bits per heavy atom. The summed E-state index contributed by atoms with van der Waals surface area (Å²) in [6.45, 7) is 3.92. The summed E-state index contributed by atoms with van der Waals surface area (Å²) in [6, 6.07) is 8.65. The standard InChI is InChI=1S/C21H25ClN2O5S2/c1-3-14-8-9-19(22)18(4-2)20(14)23-21(25)15-6-5-7-17(12-15)31(28,29)24-16-10-11-30(26,27)13-16/h5-9,12,16,24H,3-4,10-11,13H2,1-2H3,(H,23,25). The van der Waals surface area contributed by atoms with Gasteiger partial charge in [-0.3, -0.25) is 4.79 Å². The first-order chi connectivity index (χ1) is 14.6. The van der Waals surface area contributed by atoms with Crippen LogP contribution in [0.15, 0.2) is 41.3 Å². The Morgan fingerprint density at radius 2 is 1.90 bits per heavy atom. The van der Waals surface area contributed by atoms with E-state index in [0.717, 1.165) is 11.1 Å². The van der Waals surface area contributed by atoms with Crippen LogP contribution in [0, 0.1) is 0 Å². The first-order valence-corrected chi connectivity index (χ1v) is 13.7. The maximum atomic E-state index is 12.9. The number of carbonyl (C=O) groups excluding carboxylic acids is 1. The van der Waals surface area contributed by atoms with Gasteiger partial charge in [-0.2, -0.15) is 0 Å². The van der Waals surface area contributed by atoms with Gasteiger partial charge in [-0.05, 0) is 54.7 Å². The zero-order chi connectivity index (χ0) is 22.8. The number of sulfone groups is 1. The number of benzene rings is 2. The molecule has 1 atom stereocenters. The number of hydrogen-bond acceptors (Lipinski definition) is 5. The maximum absolute atomic E-state index is 12.9. The van der Waals surface area contributed by atoms with Crippen LogP contribution in [-0.4, -0.2) is 40.3 Å². The molecule has 0 bridgehead atoms. The molecule has 0 aromatic heterocycles. The lowest BCUT2D eigenvalue weighted by molar-refractivity contribution is 0.102. The largest absolute Gasteiger partial charge is 0.321 e. The molecule has 0 spiro atoms. The first kappa shape index (κ1) is 23.7. The summed E-state index contributed by atoms with van der Waals surface area (Å²) < 4.78 is 51.1. The molecule has 31 heavy (non-hydrogen) atoms. The van der Waals surface area contributed by atoms with E-state index in [-0.39, 0.29) is 28.4 Å². The maximum Gasteiger partial charge on any atom is 0.255 e. The third kappa shape index (κ3) is 5.46. The Labute approximate surface area is 188 Å². The first-order valence-electron chi connectivity index (χ1n) is 10.0. The summed E-state index contributed by atoms with van der Waals surface area (Å²) in [4.78, 5) is 12.8. The minimum Gasteiger partial charge on any atom is -0.321 e. The van der Waals surface area contributed by atoms with Crippen LogP contribution < -0.4 is 10.0 Å². The number of aryl methyl sites for hydroxylation is 1. The van der Waals surface area contributed by atoms with E-state index in [2.05, 4.69) is 10.0 Å². The summed E-state index contributed by atoms with van der Waals surface area (Å²) in [5.74, 6) is -0.713. The molecule has 1 fully saturated rings. The second-order valence-corrected chi connectivity index (χ2v) is 11.8. The number of hydrogen-bond donors (Lipinski definition) is 2. The van der Waals surface area contributed by atoms with E-state index in [1.807, 2.05) is 19.9 Å². The van der Waals surface area contributed by atoms with Crippen molar-refractivity contribution in [1.82, 2.24) is 4.72 Å². The molecule has 1 unspecified atom stereocenters. The molecule has 7 nitrogen and oxygen atoms in total. The predicted octanol–water partition coefficient (Wildman–Crippen LogP) is 3.18. The molecule has 168 valence electrons. The molecule has 3 rings (SSSR count). The molecule has 1 saturated heterocycles.